The molecule has 2 saturated carbocycles. The zero-order chi connectivity index (χ0) is 11.7. The van der Waals surface area contributed by atoms with E-state index in [1.165, 1.54) is 43.4 Å². The number of nitrogens with zero attached hydrogens (tertiary/aromatic N) is 4. The molecule has 92 valence electrons. The zero-order valence-corrected chi connectivity index (χ0v) is 10.2. The molecule has 4 aliphatic rings. The van der Waals surface area contributed by atoms with Crippen molar-refractivity contribution in [1.82, 2.24) is 10.2 Å². The minimum atomic E-state index is 0.472. The molecule has 1 aromatic heterocycles. The number of fused-ring (bicyclic) bond motifs is 5. The highest BCUT2D eigenvalue weighted by Gasteiger charge is 2.69. The van der Waals surface area contributed by atoms with Gasteiger partial charge in [0.15, 0.2) is 12.5 Å². The van der Waals surface area contributed by atoms with Crippen LogP contribution in [0.1, 0.15) is 48.6 Å². The molecule has 2 heterocycles. The highest BCUT2D eigenvalue weighted by molar-refractivity contribution is 5.99. The van der Waals surface area contributed by atoms with Crippen molar-refractivity contribution in [3.8, 4) is 0 Å². The number of aromatic amines is 1. The van der Waals surface area contributed by atoms with Gasteiger partial charge in [-0.3, -0.25) is 5.10 Å². The average molecular weight is 241 g/mol. The van der Waals surface area contributed by atoms with Crippen molar-refractivity contribution >= 4 is 5.84 Å². The van der Waals surface area contributed by atoms with Crippen molar-refractivity contribution in [3.63, 3.8) is 0 Å². The normalized spacial score (nSPS) is 33.9. The predicted octanol–water partition coefficient (Wildman–Crippen LogP) is 2.41. The molecule has 2 fully saturated rings. The maximum atomic E-state index is 4.58. The van der Waals surface area contributed by atoms with Gasteiger partial charge in [-0.15, -0.1) is 5.11 Å². The smallest absolute Gasteiger partial charge is 0.197 e. The second-order valence-corrected chi connectivity index (χ2v) is 6.06. The Kier molecular flexibility index (Phi) is 1.51. The van der Waals surface area contributed by atoms with E-state index in [1.54, 1.807) is 0 Å². The van der Waals surface area contributed by atoms with Crippen LogP contribution in [0.5, 0.6) is 0 Å². The first kappa shape index (κ1) is 9.42. The molecule has 1 aromatic rings. The second-order valence-electron chi connectivity index (χ2n) is 6.06. The van der Waals surface area contributed by atoms with Crippen LogP contribution in [-0.2, 0) is 6.42 Å². The van der Waals surface area contributed by atoms with Gasteiger partial charge in [0.25, 0.3) is 0 Å². The SMILES string of the molecule is C1CCC2(C1)C1Cc3c(n[nH]c3C3=NCN=N3)C12. The minimum absolute atomic E-state index is 0.472. The number of H-pyrrole nitrogens is 1. The van der Waals surface area contributed by atoms with E-state index in [1.807, 2.05) is 0 Å². The molecular formula is C13H15N5. The van der Waals surface area contributed by atoms with Crippen LogP contribution in [0, 0.1) is 11.3 Å². The van der Waals surface area contributed by atoms with Crippen LogP contribution in [0.4, 0.5) is 0 Å². The van der Waals surface area contributed by atoms with Crippen molar-refractivity contribution in [2.24, 2.45) is 26.6 Å². The number of aromatic nitrogens is 2. The van der Waals surface area contributed by atoms with E-state index in [-0.39, 0.29) is 0 Å². The van der Waals surface area contributed by atoms with Gasteiger partial charge in [-0.25, -0.2) is 4.99 Å². The summed E-state index contributed by atoms with van der Waals surface area (Å²) in [5.74, 6) is 2.36. The lowest BCUT2D eigenvalue weighted by Crippen LogP contribution is -2.06. The standard InChI is InChI=1S/C13H15N5/c1-2-4-13(3-1)8-5-7-10(9(8)13)16-17-11(7)12-14-6-15-18-12/h8-9H,1-6H2,(H,16,17). The first-order chi connectivity index (χ1) is 8.90. The Morgan fingerprint density at radius 3 is 2.89 bits per heavy atom. The number of nitrogens with one attached hydrogen (secondary N) is 1. The number of aliphatic imine (C=N–C) groups is 1. The van der Waals surface area contributed by atoms with Gasteiger partial charge in [-0.2, -0.15) is 10.2 Å². The molecule has 1 aliphatic heterocycles. The Labute approximate surface area is 105 Å². The van der Waals surface area contributed by atoms with Gasteiger partial charge in [0.2, 0.25) is 0 Å². The summed E-state index contributed by atoms with van der Waals surface area (Å²) in [6.07, 6.45) is 6.86. The molecule has 3 aliphatic carbocycles. The lowest BCUT2D eigenvalue weighted by molar-refractivity contribution is 0.451. The highest BCUT2D eigenvalue weighted by atomic mass is 15.3. The largest absolute Gasteiger partial charge is 0.274 e. The Morgan fingerprint density at radius 1 is 1.22 bits per heavy atom. The zero-order valence-electron chi connectivity index (χ0n) is 10.2. The fourth-order valence-electron chi connectivity index (χ4n) is 4.68. The van der Waals surface area contributed by atoms with E-state index in [9.17, 15) is 0 Å². The molecule has 2 unspecified atom stereocenters. The molecule has 0 aromatic carbocycles. The summed E-state index contributed by atoms with van der Waals surface area (Å²) in [5, 5.41) is 15.7. The average Bonchev–Trinajstić information content (AvgIpc) is 2.97. The van der Waals surface area contributed by atoms with Crippen molar-refractivity contribution in [3.05, 3.63) is 17.0 Å². The van der Waals surface area contributed by atoms with Crippen molar-refractivity contribution in [1.29, 1.82) is 0 Å². The summed E-state index contributed by atoms with van der Waals surface area (Å²) in [6, 6.07) is 0. The molecule has 5 rings (SSSR count). The van der Waals surface area contributed by atoms with E-state index in [0.717, 1.165) is 23.4 Å². The molecule has 0 radical (unpaired) electrons. The monoisotopic (exact) mass is 241 g/mol. The fraction of sp³-hybridized carbons (Fsp3) is 0.692. The molecule has 1 spiro atoms. The van der Waals surface area contributed by atoms with E-state index in [2.05, 4.69) is 25.4 Å². The summed E-state index contributed by atoms with van der Waals surface area (Å²) in [6.45, 7) is 0.472. The fourth-order valence-corrected chi connectivity index (χ4v) is 4.68. The van der Waals surface area contributed by atoms with E-state index in [4.69, 9.17) is 0 Å². The van der Waals surface area contributed by atoms with Crippen LogP contribution < -0.4 is 0 Å². The minimum Gasteiger partial charge on any atom is -0.274 e. The highest BCUT2D eigenvalue weighted by Crippen LogP contribution is 2.76. The molecular weight excluding hydrogens is 226 g/mol. The molecule has 0 bridgehead atoms. The van der Waals surface area contributed by atoms with Gasteiger partial charge in [0.1, 0.15) is 5.69 Å². The van der Waals surface area contributed by atoms with Crippen molar-refractivity contribution in [2.75, 3.05) is 6.67 Å². The summed E-state index contributed by atoms with van der Waals surface area (Å²) < 4.78 is 0. The molecule has 0 amide bonds. The third-order valence-corrected chi connectivity index (χ3v) is 5.48. The van der Waals surface area contributed by atoms with E-state index in [0.29, 0.717) is 12.1 Å². The quantitative estimate of drug-likeness (QED) is 0.806. The molecule has 1 N–H and O–H groups in total. The van der Waals surface area contributed by atoms with Crippen molar-refractivity contribution in [2.45, 2.75) is 38.0 Å². The van der Waals surface area contributed by atoms with Gasteiger partial charge in [0.05, 0.1) is 5.69 Å². The summed E-state index contributed by atoms with van der Waals surface area (Å²) in [4.78, 5) is 4.30. The maximum absolute atomic E-state index is 4.58. The van der Waals surface area contributed by atoms with Crippen LogP contribution in [0.25, 0.3) is 0 Å². The third-order valence-electron chi connectivity index (χ3n) is 5.48. The molecule has 18 heavy (non-hydrogen) atoms. The van der Waals surface area contributed by atoms with Gasteiger partial charge in [-0.05, 0) is 30.6 Å². The Balaban J connectivity index is 1.56. The van der Waals surface area contributed by atoms with E-state index >= 15 is 0 Å². The predicted molar refractivity (Wildman–Crippen MR) is 65.7 cm³/mol. The number of amidine groups is 1. The Hall–Kier alpha value is -1.52. The molecule has 5 nitrogen and oxygen atoms in total. The van der Waals surface area contributed by atoms with Crippen LogP contribution in [0.2, 0.25) is 0 Å². The van der Waals surface area contributed by atoms with Gasteiger partial charge in [-0.1, -0.05) is 12.8 Å². The topological polar surface area (TPSA) is 65.8 Å². The summed E-state index contributed by atoms with van der Waals surface area (Å²) >= 11 is 0. The summed E-state index contributed by atoms with van der Waals surface area (Å²) in [5.41, 5.74) is 4.37. The van der Waals surface area contributed by atoms with E-state index < -0.39 is 0 Å². The molecule has 0 saturated heterocycles. The third kappa shape index (κ3) is 0.920. The lowest BCUT2D eigenvalue weighted by Gasteiger charge is -2.12. The first-order valence-corrected chi connectivity index (χ1v) is 6.90. The number of hydrogen-bond acceptors (Lipinski definition) is 4. The Morgan fingerprint density at radius 2 is 2.11 bits per heavy atom. The first-order valence-electron chi connectivity index (χ1n) is 6.90. The number of hydrogen-bond donors (Lipinski definition) is 1. The number of azo groups is 1. The van der Waals surface area contributed by atoms with Crippen LogP contribution >= 0.6 is 0 Å². The lowest BCUT2D eigenvalue weighted by atomic mass is 9.92. The second kappa shape index (κ2) is 2.90. The van der Waals surface area contributed by atoms with Gasteiger partial charge in [0, 0.05) is 11.5 Å². The maximum Gasteiger partial charge on any atom is 0.197 e. The van der Waals surface area contributed by atoms with Crippen molar-refractivity contribution < 1.29 is 0 Å². The van der Waals surface area contributed by atoms with Gasteiger partial charge >= 0.3 is 0 Å². The summed E-state index contributed by atoms with van der Waals surface area (Å²) in [7, 11) is 0. The van der Waals surface area contributed by atoms with Crippen LogP contribution in [0.15, 0.2) is 15.2 Å². The van der Waals surface area contributed by atoms with Crippen LogP contribution in [0.3, 0.4) is 0 Å². The number of rotatable bonds is 1. The Bertz CT molecular complexity index is 591. The van der Waals surface area contributed by atoms with Crippen LogP contribution in [-0.4, -0.2) is 22.7 Å². The van der Waals surface area contributed by atoms with Gasteiger partial charge < -0.3 is 0 Å². The molecule has 2 atom stereocenters. The molecule has 5 heteroatoms.